The van der Waals surface area contributed by atoms with E-state index in [9.17, 15) is 14.3 Å². The van der Waals surface area contributed by atoms with Crippen molar-refractivity contribution >= 4 is 17.5 Å². The number of nitrogens with one attached hydrogen (secondary N) is 1. The van der Waals surface area contributed by atoms with Crippen molar-refractivity contribution in [1.82, 2.24) is 10.2 Å². The van der Waals surface area contributed by atoms with Crippen molar-refractivity contribution in [3.05, 3.63) is 34.6 Å². The number of carbonyl (C=O) groups is 1. The van der Waals surface area contributed by atoms with Crippen LogP contribution >= 0.6 is 11.6 Å². The molecule has 6 heteroatoms. The van der Waals surface area contributed by atoms with Gasteiger partial charge in [-0.15, -0.1) is 0 Å². The summed E-state index contributed by atoms with van der Waals surface area (Å²) in [6.45, 7) is 0.282. The van der Waals surface area contributed by atoms with Gasteiger partial charge >= 0.3 is 0 Å². The maximum atomic E-state index is 13.8. The second-order valence-corrected chi connectivity index (χ2v) is 6.36. The molecule has 1 aromatic carbocycles. The summed E-state index contributed by atoms with van der Waals surface area (Å²) in [4.78, 5) is 13.6. The van der Waals surface area contributed by atoms with Crippen LogP contribution in [0.2, 0.25) is 5.02 Å². The third-order valence-electron chi connectivity index (χ3n) is 4.36. The van der Waals surface area contributed by atoms with E-state index in [1.807, 2.05) is 0 Å². The molecule has 1 aliphatic carbocycles. The first-order valence-electron chi connectivity index (χ1n) is 7.50. The Kier molecular flexibility index (Phi) is 5.78. The predicted molar refractivity (Wildman–Crippen MR) is 84.2 cm³/mol. The SMILES string of the molecule is CN(Cc1c(F)cccc1Cl)C(=O)CNC1(CO)CCCC1. The van der Waals surface area contributed by atoms with Crippen LogP contribution in [0.1, 0.15) is 31.2 Å². The highest BCUT2D eigenvalue weighted by atomic mass is 35.5. The summed E-state index contributed by atoms with van der Waals surface area (Å²) >= 11 is 5.98. The highest BCUT2D eigenvalue weighted by Gasteiger charge is 2.33. The average molecular weight is 329 g/mol. The number of aliphatic hydroxyl groups is 1. The molecular formula is C16H22ClFN2O2. The zero-order valence-corrected chi connectivity index (χ0v) is 13.5. The van der Waals surface area contributed by atoms with E-state index in [0.29, 0.717) is 10.6 Å². The maximum absolute atomic E-state index is 13.8. The van der Waals surface area contributed by atoms with Crippen molar-refractivity contribution in [3.8, 4) is 0 Å². The summed E-state index contributed by atoms with van der Waals surface area (Å²) < 4.78 is 13.8. The minimum absolute atomic E-state index is 0.0309. The van der Waals surface area contributed by atoms with Gasteiger partial charge in [-0.2, -0.15) is 0 Å². The summed E-state index contributed by atoms with van der Waals surface area (Å²) in [6, 6.07) is 4.47. The first-order chi connectivity index (χ1) is 10.5. The Labute approximate surface area is 135 Å². The van der Waals surface area contributed by atoms with Gasteiger partial charge in [-0.05, 0) is 25.0 Å². The molecule has 122 valence electrons. The molecule has 2 N–H and O–H groups in total. The van der Waals surface area contributed by atoms with Gasteiger partial charge < -0.3 is 15.3 Å². The number of carbonyl (C=O) groups excluding carboxylic acids is 1. The third-order valence-corrected chi connectivity index (χ3v) is 4.71. The summed E-state index contributed by atoms with van der Waals surface area (Å²) in [5, 5.41) is 13.0. The zero-order chi connectivity index (χ0) is 16.2. The van der Waals surface area contributed by atoms with Crippen molar-refractivity contribution in [3.63, 3.8) is 0 Å². The first-order valence-corrected chi connectivity index (χ1v) is 7.88. The molecular weight excluding hydrogens is 307 g/mol. The van der Waals surface area contributed by atoms with Crippen LogP contribution in [0.15, 0.2) is 18.2 Å². The second-order valence-electron chi connectivity index (χ2n) is 5.95. The number of nitrogens with zero attached hydrogens (tertiary/aromatic N) is 1. The van der Waals surface area contributed by atoms with Gasteiger partial charge in [-0.25, -0.2) is 4.39 Å². The van der Waals surface area contributed by atoms with Crippen molar-refractivity contribution in [2.24, 2.45) is 0 Å². The molecule has 1 amide bonds. The third kappa shape index (κ3) is 3.97. The lowest BCUT2D eigenvalue weighted by molar-refractivity contribution is -0.130. The van der Waals surface area contributed by atoms with E-state index < -0.39 is 5.82 Å². The van der Waals surface area contributed by atoms with Gasteiger partial charge in [0.2, 0.25) is 5.91 Å². The fourth-order valence-electron chi connectivity index (χ4n) is 2.85. The topological polar surface area (TPSA) is 52.6 Å². The molecule has 0 aromatic heterocycles. The molecule has 0 aliphatic heterocycles. The van der Waals surface area contributed by atoms with E-state index in [0.717, 1.165) is 25.7 Å². The van der Waals surface area contributed by atoms with Gasteiger partial charge in [0, 0.05) is 29.7 Å². The lowest BCUT2D eigenvalue weighted by Gasteiger charge is -2.29. The summed E-state index contributed by atoms with van der Waals surface area (Å²) in [7, 11) is 1.62. The minimum atomic E-state index is -0.414. The Hall–Kier alpha value is -1.17. The number of hydrogen-bond acceptors (Lipinski definition) is 3. The molecule has 0 unspecified atom stereocenters. The normalized spacial score (nSPS) is 16.7. The number of rotatable bonds is 6. The molecule has 0 atom stereocenters. The van der Waals surface area contributed by atoms with E-state index >= 15 is 0 Å². The van der Waals surface area contributed by atoms with E-state index in [2.05, 4.69) is 5.32 Å². The lowest BCUT2D eigenvalue weighted by Crippen LogP contribution is -2.50. The molecule has 2 rings (SSSR count). The van der Waals surface area contributed by atoms with Crippen LogP contribution < -0.4 is 5.32 Å². The molecule has 1 aliphatic rings. The molecule has 1 saturated carbocycles. The molecule has 1 fully saturated rings. The lowest BCUT2D eigenvalue weighted by atomic mass is 9.99. The number of halogens is 2. The smallest absolute Gasteiger partial charge is 0.236 e. The Bertz CT molecular complexity index is 513. The molecule has 22 heavy (non-hydrogen) atoms. The van der Waals surface area contributed by atoms with Crippen LogP contribution in [0.3, 0.4) is 0 Å². The fraction of sp³-hybridized carbons (Fsp3) is 0.562. The number of hydrogen-bond donors (Lipinski definition) is 2. The quantitative estimate of drug-likeness (QED) is 0.842. The van der Waals surface area contributed by atoms with Crippen molar-refractivity contribution < 1.29 is 14.3 Å². The number of benzene rings is 1. The molecule has 0 heterocycles. The van der Waals surface area contributed by atoms with Crippen LogP contribution in [0.5, 0.6) is 0 Å². The first kappa shape index (κ1) is 17.2. The van der Waals surface area contributed by atoms with Gasteiger partial charge in [0.1, 0.15) is 5.82 Å². The van der Waals surface area contributed by atoms with Crippen LogP contribution in [0.4, 0.5) is 4.39 Å². The van der Waals surface area contributed by atoms with Crippen LogP contribution in [0.25, 0.3) is 0 Å². The van der Waals surface area contributed by atoms with Crippen molar-refractivity contribution in [2.75, 3.05) is 20.2 Å². The van der Waals surface area contributed by atoms with E-state index in [1.165, 1.54) is 17.0 Å². The molecule has 0 spiro atoms. The molecule has 1 aromatic rings. The van der Waals surface area contributed by atoms with Crippen LogP contribution in [-0.4, -0.2) is 41.7 Å². The monoisotopic (exact) mass is 328 g/mol. The Morgan fingerprint density at radius 2 is 2.14 bits per heavy atom. The summed E-state index contributed by atoms with van der Waals surface area (Å²) in [6.07, 6.45) is 3.87. The predicted octanol–water partition coefficient (Wildman–Crippen LogP) is 2.33. The van der Waals surface area contributed by atoms with E-state index in [-0.39, 0.29) is 31.1 Å². The summed E-state index contributed by atoms with van der Waals surface area (Å²) in [5.74, 6) is -0.568. The van der Waals surface area contributed by atoms with Gasteiger partial charge in [-0.1, -0.05) is 30.5 Å². The van der Waals surface area contributed by atoms with Crippen LogP contribution in [0, 0.1) is 5.82 Å². The second kappa shape index (κ2) is 7.40. The van der Waals surface area contributed by atoms with Gasteiger partial charge in [0.25, 0.3) is 0 Å². The Balaban J connectivity index is 1.92. The minimum Gasteiger partial charge on any atom is -0.394 e. The summed E-state index contributed by atoms with van der Waals surface area (Å²) in [5.41, 5.74) is -0.0238. The Morgan fingerprint density at radius 1 is 1.45 bits per heavy atom. The zero-order valence-electron chi connectivity index (χ0n) is 12.7. The standard InChI is InChI=1S/C16H22ClFN2O2/c1-20(10-12-13(17)5-4-6-14(12)18)15(22)9-19-16(11-21)7-2-3-8-16/h4-6,19,21H,2-3,7-11H2,1H3. The van der Waals surface area contributed by atoms with Crippen molar-refractivity contribution in [2.45, 2.75) is 37.8 Å². The Morgan fingerprint density at radius 3 is 2.73 bits per heavy atom. The molecule has 4 nitrogen and oxygen atoms in total. The largest absolute Gasteiger partial charge is 0.394 e. The number of likely N-dealkylation sites (N-methyl/N-ethyl adjacent to an activating group) is 1. The fourth-order valence-corrected chi connectivity index (χ4v) is 3.07. The average Bonchev–Trinajstić information content (AvgIpc) is 2.98. The van der Waals surface area contributed by atoms with E-state index in [4.69, 9.17) is 11.6 Å². The highest BCUT2D eigenvalue weighted by molar-refractivity contribution is 6.31. The molecule has 0 saturated heterocycles. The van der Waals surface area contributed by atoms with Crippen molar-refractivity contribution in [1.29, 1.82) is 0 Å². The maximum Gasteiger partial charge on any atom is 0.236 e. The highest BCUT2D eigenvalue weighted by Crippen LogP contribution is 2.29. The van der Waals surface area contributed by atoms with E-state index in [1.54, 1.807) is 13.1 Å². The number of aliphatic hydroxyl groups excluding tert-OH is 1. The molecule has 0 radical (unpaired) electrons. The van der Waals surface area contributed by atoms with Gasteiger partial charge in [0.15, 0.2) is 0 Å². The molecule has 0 bridgehead atoms. The van der Waals surface area contributed by atoms with Crippen LogP contribution in [-0.2, 0) is 11.3 Å². The number of amides is 1. The van der Waals surface area contributed by atoms with Gasteiger partial charge in [0.05, 0.1) is 13.2 Å². The van der Waals surface area contributed by atoms with Gasteiger partial charge in [-0.3, -0.25) is 4.79 Å².